The number of nitrogens with zero attached hydrogens (tertiary/aromatic N) is 3. The molecule has 0 fully saturated rings. The first-order chi connectivity index (χ1) is 7.76. The van der Waals surface area contributed by atoms with Crippen molar-refractivity contribution >= 4 is 34.5 Å². The van der Waals surface area contributed by atoms with Crippen LogP contribution >= 0.6 is 11.6 Å². The molecule has 0 saturated heterocycles. The van der Waals surface area contributed by atoms with Crippen molar-refractivity contribution in [1.82, 2.24) is 4.98 Å². The fourth-order valence-corrected chi connectivity index (χ4v) is 1.65. The Labute approximate surface area is 96.1 Å². The number of rotatable bonds is 2. The Balaban J connectivity index is 2.81. The first kappa shape index (κ1) is 10.5. The lowest BCUT2D eigenvalue weighted by Crippen LogP contribution is -2.04. The molecule has 0 saturated carbocycles. The summed E-state index contributed by atoms with van der Waals surface area (Å²) in [7, 11) is 0. The number of halogens is 1. The summed E-state index contributed by atoms with van der Waals surface area (Å²) in [4.78, 5) is 17.7. The highest BCUT2D eigenvalue weighted by Crippen LogP contribution is 2.19. The summed E-state index contributed by atoms with van der Waals surface area (Å²) >= 11 is 5.76. The van der Waals surface area contributed by atoms with Gasteiger partial charge in [0, 0.05) is 5.39 Å². The molecule has 0 N–H and O–H groups in total. The summed E-state index contributed by atoms with van der Waals surface area (Å²) in [5, 5.41) is 1.09. The molecule has 0 radical (unpaired) electrons. The number of pyridine rings is 1. The van der Waals surface area contributed by atoms with Crippen molar-refractivity contribution in [3.8, 4) is 0 Å². The highest BCUT2D eigenvalue weighted by molar-refractivity contribution is 6.36. The molecule has 4 nitrogen and oxygen atoms in total. The topological polar surface area (TPSA) is 66.4 Å². The van der Waals surface area contributed by atoms with Crippen LogP contribution in [0.25, 0.3) is 16.4 Å². The third-order valence-corrected chi connectivity index (χ3v) is 2.40. The predicted octanol–water partition coefficient (Wildman–Crippen LogP) is 2.11. The molecule has 16 heavy (non-hydrogen) atoms. The van der Waals surface area contributed by atoms with Crippen molar-refractivity contribution < 1.29 is 9.58 Å². The van der Waals surface area contributed by atoms with E-state index in [1.165, 1.54) is 0 Å². The fraction of sp³-hybridized carbons (Fsp3) is 0. The van der Waals surface area contributed by atoms with Gasteiger partial charge in [0.25, 0.3) is 0 Å². The van der Waals surface area contributed by atoms with Crippen molar-refractivity contribution in [3.05, 3.63) is 46.6 Å². The molecule has 0 unspecified atom stereocenters. The minimum absolute atomic E-state index is 0.0327. The van der Waals surface area contributed by atoms with Crippen LogP contribution in [0.1, 0.15) is 5.56 Å². The number of benzene rings is 1. The van der Waals surface area contributed by atoms with Gasteiger partial charge in [0.1, 0.15) is 5.15 Å². The Kier molecular flexibility index (Phi) is 2.77. The van der Waals surface area contributed by atoms with E-state index in [-0.39, 0.29) is 5.71 Å². The smallest absolute Gasteiger partial charge is 0.361 e. The molecule has 0 bridgehead atoms. The molecule has 1 aromatic heterocycles. The van der Waals surface area contributed by atoms with Crippen molar-refractivity contribution in [2.75, 3.05) is 0 Å². The van der Waals surface area contributed by atoms with E-state index in [0.717, 1.165) is 0 Å². The Morgan fingerprint density at radius 1 is 1.38 bits per heavy atom. The second-order valence-electron chi connectivity index (χ2n) is 3.11. The van der Waals surface area contributed by atoms with Crippen molar-refractivity contribution in [2.45, 2.75) is 0 Å². The van der Waals surface area contributed by atoms with Gasteiger partial charge in [-0.3, -0.25) is 4.79 Å². The number of aromatic nitrogens is 1. The standard InChI is InChI=1S/C11H6ClN3O/c12-11-5-4-8-7(10(6-16)15-13)2-1-3-9(8)14-11/h1-6H. The first-order valence-corrected chi connectivity index (χ1v) is 4.87. The van der Waals surface area contributed by atoms with E-state index >= 15 is 0 Å². The van der Waals surface area contributed by atoms with E-state index in [4.69, 9.17) is 17.1 Å². The Morgan fingerprint density at radius 3 is 2.88 bits per heavy atom. The highest BCUT2D eigenvalue weighted by atomic mass is 35.5. The monoisotopic (exact) mass is 231 g/mol. The molecule has 78 valence electrons. The summed E-state index contributed by atoms with van der Waals surface area (Å²) in [6.45, 7) is 0. The highest BCUT2D eigenvalue weighted by Gasteiger charge is 2.14. The maximum atomic E-state index is 10.7. The van der Waals surface area contributed by atoms with Gasteiger partial charge in [0.15, 0.2) is 0 Å². The lowest BCUT2D eigenvalue weighted by atomic mass is 10.1. The number of hydrogen-bond donors (Lipinski definition) is 0. The number of hydrogen-bond acceptors (Lipinski definition) is 2. The van der Waals surface area contributed by atoms with Crippen molar-refractivity contribution in [2.24, 2.45) is 0 Å². The fourth-order valence-electron chi connectivity index (χ4n) is 1.49. The van der Waals surface area contributed by atoms with Gasteiger partial charge < -0.3 is 5.53 Å². The van der Waals surface area contributed by atoms with E-state index < -0.39 is 0 Å². The van der Waals surface area contributed by atoms with Crippen LogP contribution in [0.4, 0.5) is 0 Å². The van der Waals surface area contributed by atoms with Crippen molar-refractivity contribution in [1.29, 1.82) is 0 Å². The van der Waals surface area contributed by atoms with E-state index in [2.05, 4.69) is 9.77 Å². The molecule has 0 aliphatic rings. The molecule has 0 amide bonds. The largest absolute Gasteiger partial charge is 0.362 e. The van der Waals surface area contributed by atoms with Gasteiger partial charge in [0.2, 0.25) is 6.29 Å². The number of aldehydes is 1. The molecule has 5 heteroatoms. The summed E-state index contributed by atoms with van der Waals surface area (Å²) < 4.78 is 0. The molecule has 0 atom stereocenters. The van der Waals surface area contributed by atoms with Crippen molar-refractivity contribution in [3.63, 3.8) is 0 Å². The molecule has 1 aromatic carbocycles. The molecular weight excluding hydrogens is 226 g/mol. The number of fused-ring (bicyclic) bond motifs is 1. The van der Waals surface area contributed by atoms with Crippen LogP contribution in [0.5, 0.6) is 0 Å². The van der Waals surface area contributed by atoms with Gasteiger partial charge >= 0.3 is 5.71 Å². The van der Waals surface area contributed by atoms with Gasteiger partial charge in [-0.2, -0.15) is 4.79 Å². The predicted molar refractivity (Wildman–Crippen MR) is 60.5 cm³/mol. The maximum absolute atomic E-state index is 10.7. The molecule has 0 aliphatic heterocycles. The average molecular weight is 232 g/mol. The van der Waals surface area contributed by atoms with E-state index in [9.17, 15) is 4.79 Å². The maximum Gasteiger partial charge on any atom is 0.362 e. The number of carbonyl (C=O) groups is 1. The van der Waals surface area contributed by atoms with Crippen LogP contribution in [0, 0.1) is 0 Å². The van der Waals surface area contributed by atoms with Crippen LogP contribution < -0.4 is 0 Å². The molecule has 1 heterocycles. The van der Waals surface area contributed by atoms with E-state index in [0.29, 0.717) is 27.9 Å². The average Bonchev–Trinajstić information content (AvgIpc) is 2.30. The minimum Gasteiger partial charge on any atom is -0.361 e. The quantitative estimate of drug-likeness (QED) is 0.261. The van der Waals surface area contributed by atoms with Crippen LogP contribution in [-0.4, -0.2) is 21.8 Å². The van der Waals surface area contributed by atoms with E-state index in [1.807, 2.05) is 0 Å². The summed E-state index contributed by atoms with van der Waals surface area (Å²) in [5.41, 5.74) is 9.84. The lowest BCUT2D eigenvalue weighted by molar-refractivity contribution is -0.106. The summed E-state index contributed by atoms with van der Waals surface area (Å²) in [5.74, 6) is 0. The molecule has 0 spiro atoms. The molecule has 0 aliphatic carbocycles. The molecule has 2 aromatic rings. The summed E-state index contributed by atoms with van der Waals surface area (Å²) in [6.07, 6.45) is 0.489. The first-order valence-electron chi connectivity index (χ1n) is 4.49. The SMILES string of the molecule is [N-]=[N+]=C(C=O)c1cccc2nc(Cl)ccc12. The molecule has 2 rings (SSSR count). The Hall–Kier alpha value is -2.03. The van der Waals surface area contributed by atoms with Gasteiger partial charge in [-0.1, -0.05) is 17.7 Å². The molecular formula is C11H6ClN3O. The zero-order valence-corrected chi connectivity index (χ0v) is 8.85. The second-order valence-corrected chi connectivity index (χ2v) is 3.50. The summed E-state index contributed by atoms with van der Waals surface area (Å²) in [6, 6.07) is 8.52. The van der Waals surface area contributed by atoms with Crippen LogP contribution in [0.3, 0.4) is 0 Å². The zero-order chi connectivity index (χ0) is 11.5. The van der Waals surface area contributed by atoms with Gasteiger partial charge in [0.05, 0.1) is 11.1 Å². The van der Waals surface area contributed by atoms with Gasteiger partial charge in [-0.05, 0) is 24.3 Å². The van der Waals surface area contributed by atoms with Crippen LogP contribution in [0.15, 0.2) is 30.3 Å². The van der Waals surface area contributed by atoms with Crippen LogP contribution in [0.2, 0.25) is 5.15 Å². The van der Waals surface area contributed by atoms with Gasteiger partial charge in [-0.25, -0.2) is 4.98 Å². The third kappa shape index (κ3) is 1.72. The number of carbonyl (C=O) groups excluding carboxylic acids is 1. The normalized spacial score (nSPS) is 9.81. The minimum atomic E-state index is -0.0327. The third-order valence-electron chi connectivity index (χ3n) is 2.19. The Bertz CT molecular complexity index is 618. The Morgan fingerprint density at radius 2 is 2.19 bits per heavy atom. The van der Waals surface area contributed by atoms with Gasteiger partial charge in [-0.15, -0.1) is 0 Å². The van der Waals surface area contributed by atoms with E-state index in [1.54, 1.807) is 30.3 Å². The lowest BCUT2D eigenvalue weighted by Gasteiger charge is -2.00. The van der Waals surface area contributed by atoms with Crippen LogP contribution in [-0.2, 0) is 4.79 Å². The zero-order valence-electron chi connectivity index (χ0n) is 8.09. The second kappa shape index (κ2) is 4.23.